The van der Waals surface area contributed by atoms with Crippen molar-refractivity contribution in [3.8, 4) is 22.4 Å². The molecule has 168 valence electrons. The van der Waals surface area contributed by atoms with Gasteiger partial charge < -0.3 is 0 Å². The molecular formula is C34H28N+. The SMILES string of the molecule is [2H]C12c3ccccc3C([2H])(c3ccccc31)c1c(C)cc(-c3cc[n+](C)c(-c4ccccc4C)c3)cc12. The minimum atomic E-state index is -1.05. The average Bonchev–Trinajstić information content (AvgIpc) is 2.91. The number of benzene rings is 4. The summed E-state index contributed by atoms with van der Waals surface area (Å²) in [5, 5.41) is 0. The van der Waals surface area contributed by atoms with Crippen LogP contribution in [0.4, 0.5) is 0 Å². The molecule has 0 saturated heterocycles. The van der Waals surface area contributed by atoms with Crippen molar-refractivity contribution >= 4 is 0 Å². The van der Waals surface area contributed by atoms with Gasteiger partial charge in [0, 0.05) is 32.2 Å². The second kappa shape index (κ2) is 7.52. The zero-order valence-corrected chi connectivity index (χ0v) is 20.3. The second-order valence-corrected chi connectivity index (χ2v) is 9.78. The summed E-state index contributed by atoms with van der Waals surface area (Å²) in [7, 11) is 2.08. The third kappa shape index (κ3) is 2.91. The maximum atomic E-state index is 10.0. The molecule has 3 aliphatic carbocycles. The van der Waals surface area contributed by atoms with Gasteiger partial charge in [-0.15, -0.1) is 0 Å². The van der Waals surface area contributed by atoms with Crippen molar-refractivity contribution in [3.63, 3.8) is 0 Å². The van der Waals surface area contributed by atoms with Crippen LogP contribution in [0.1, 0.15) is 59.0 Å². The summed E-state index contributed by atoms with van der Waals surface area (Å²) in [5.74, 6) is -2.08. The van der Waals surface area contributed by atoms with Crippen molar-refractivity contribution in [1.29, 1.82) is 0 Å². The van der Waals surface area contributed by atoms with Gasteiger partial charge in [-0.3, -0.25) is 0 Å². The second-order valence-electron chi connectivity index (χ2n) is 9.78. The van der Waals surface area contributed by atoms with Gasteiger partial charge in [-0.2, -0.15) is 0 Å². The molecule has 35 heavy (non-hydrogen) atoms. The molecule has 1 heteroatoms. The lowest BCUT2D eigenvalue weighted by Gasteiger charge is -2.43. The van der Waals surface area contributed by atoms with Gasteiger partial charge in [-0.05, 0) is 81.6 Å². The standard InChI is InChI=1S/C34H28N/c1-21-10-4-5-11-25(21)31-20-23(16-17-35(31)3)24-18-22(2)32-30(19-24)33-26-12-6-8-14-28(26)34(32)29-15-9-7-13-27(29)33/h4-20,33-34H,1-3H3/q+1/i33D,34D. The first-order chi connectivity index (χ1) is 17.8. The van der Waals surface area contributed by atoms with Crippen molar-refractivity contribution in [2.75, 3.05) is 0 Å². The fourth-order valence-electron chi connectivity index (χ4n) is 6.05. The lowest BCUT2D eigenvalue weighted by molar-refractivity contribution is -0.660. The Bertz CT molecular complexity index is 1700. The van der Waals surface area contributed by atoms with Gasteiger partial charge in [0.1, 0.15) is 7.05 Å². The smallest absolute Gasteiger partial charge is 0.201 e. The summed E-state index contributed by atoms with van der Waals surface area (Å²) in [5.41, 5.74) is 12.5. The van der Waals surface area contributed by atoms with E-state index in [1.165, 1.54) is 11.1 Å². The van der Waals surface area contributed by atoms with Crippen LogP contribution in [0, 0.1) is 13.8 Å². The Morgan fingerprint density at radius 1 is 0.600 bits per heavy atom. The summed E-state index contributed by atoms with van der Waals surface area (Å²) >= 11 is 0. The monoisotopic (exact) mass is 452 g/mol. The summed E-state index contributed by atoms with van der Waals surface area (Å²) in [6.45, 7) is 4.26. The molecule has 1 aromatic heterocycles. The van der Waals surface area contributed by atoms with Crippen LogP contribution < -0.4 is 4.57 Å². The van der Waals surface area contributed by atoms with Crippen LogP contribution in [0.25, 0.3) is 22.4 Å². The number of aromatic nitrogens is 1. The molecule has 2 bridgehead atoms. The Kier molecular flexibility index (Phi) is 3.94. The molecule has 0 spiro atoms. The predicted molar refractivity (Wildman–Crippen MR) is 143 cm³/mol. The van der Waals surface area contributed by atoms with Crippen LogP contribution in [-0.4, -0.2) is 0 Å². The van der Waals surface area contributed by atoms with Crippen LogP contribution >= 0.6 is 0 Å². The Morgan fingerprint density at radius 3 is 1.86 bits per heavy atom. The predicted octanol–water partition coefficient (Wildman–Crippen LogP) is 7.45. The van der Waals surface area contributed by atoms with E-state index in [2.05, 4.69) is 80.2 Å². The Morgan fingerprint density at radius 2 is 1.20 bits per heavy atom. The van der Waals surface area contributed by atoms with E-state index >= 15 is 0 Å². The van der Waals surface area contributed by atoms with Crippen molar-refractivity contribution in [3.05, 3.63) is 148 Å². The van der Waals surface area contributed by atoms with E-state index < -0.39 is 11.8 Å². The number of nitrogens with zero attached hydrogens (tertiary/aromatic N) is 1. The largest absolute Gasteiger partial charge is 0.213 e. The minimum absolute atomic E-state index is 0.924. The molecule has 8 rings (SSSR count). The van der Waals surface area contributed by atoms with Crippen LogP contribution in [0.2, 0.25) is 0 Å². The van der Waals surface area contributed by atoms with Gasteiger partial charge in [0.2, 0.25) is 5.69 Å². The Hall–Kier alpha value is -3.97. The van der Waals surface area contributed by atoms with Gasteiger partial charge in [-0.25, -0.2) is 4.57 Å². The van der Waals surface area contributed by atoms with Crippen molar-refractivity contribution in [2.45, 2.75) is 25.6 Å². The third-order valence-corrected chi connectivity index (χ3v) is 7.69. The zero-order chi connectivity index (χ0) is 25.5. The minimum Gasteiger partial charge on any atom is -0.201 e. The highest BCUT2D eigenvalue weighted by Gasteiger charge is 2.41. The third-order valence-electron chi connectivity index (χ3n) is 7.69. The highest BCUT2D eigenvalue weighted by atomic mass is 14.9. The fraction of sp³-hybridized carbons (Fsp3) is 0.147. The number of rotatable bonds is 2. The Labute approximate surface area is 210 Å². The highest BCUT2D eigenvalue weighted by Crippen LogP contribution is 2.56. The van der Waals surface area contributed by atoms with Crippen LogP contribution in [-0.2, 0) is 7.05 Å². The van der Waals surface area contributed by atoms with Crippen molar-refractivity contribution in [1.82, 2.24) is 0 Å². The number of pyridine rings is 1. The Balaban J connectivity index is 1.50. The molecule has 0 radical (unpaired) electrons. The molecule has 0 saturated carbocycles. The first-order valence-electron chi connectivity index (χ1n) is 13.3. The lowest BCUT2D eigenvalue weighted by Crippen LogP contribution is -2.30. The van der Waals surface area contributed by atoms with Gasteiger partial charge in [0.05, 0.1) is 0 Å². The lowest BCUT2D eigenvalue weighted by atomic mass is 9.60. The maximum absolute atomic E-state index is 10.0. The van der Waals surface area contributed by atoms with Crippen molar-refractivity contribution < 1.29 is 7.31 Å². The normalized spacial score (nSPS) is 22.0. The molecule has 3 aliphatic rings. The molecule has 0 aliphatic heterocycles. The van der Waals surface area contributed by atoms with E-state index in [-0.39, 0.29) is 0 Å². The number of hydrogen-bond donors (Lipinski definition) is 0. The summed E-state index contributed by atoms with van der Waals surface area (Å²) in [6, 6.07) is 33.5. The van der Waals surface area contributed by atoms with Gasteiger partial charge in [-0.1, -0.05) is 72.8 Å². The summed E-state index contributed by atoms with van der Waals surface area (Å²) in [4.78, 5) is 0. The van der Waals surface area contributed by atoms with E-state index in [0.29, 0.717) is 0 Å². The molecule has 0 fully saturated rings. The first-order valence-corrected chi connectivity index (χ1v) is 12.3. The topological polar surface area (TPSA) is 3.88 Å². The molecular weight excluding hydrogens is 422 g/mol. The molecule has 0 atom stereocenters. The molecule has 0 N–H and O–H groups in total. The van der Waals surface area contributed by atoms with Crippen LogP contribution in [0.3, 0.4) is 0 Å². The fourth-order valence-corrected chi connectivity index (χ4v) is 6.05. The van der Waals surface area contributed by atoms with Gasteiger partial charge in [0.15, 0.2) is 6.20 Å². The molecule has 1 nitrogen and oxygen atoms in total. The molecule has 1 heterocycles. The maximum Gasteiger partial charge on any atom is 0.213 e. The van der Waals surface area contributed by atoms with E-state index in [4.69, 9.17) is 0 Å². The van der Waals surface area contributed by atoms with Crippen LogP contribution in [0.15, 0.2) is 103 Å². The molecule has 4 aromatic carbocycles. The number of hydrogen-bond acceptors (Lipinski definition) is 0. The van der Waals surface area contributed by atoms with E-state index in [1.807, 2.05) is 48.5 Å². The van der Waals surface area contributed by atoms with E-state index in [1.54, 1.807) is 0 Å². The summed E-state index contributed by atoms with van der Waals surface area (Å²) in [6.07, 6.45) is 2.12. The van der Waals surface area contributed by atoms with E-state index in [0.717, 1.165) is 55.8 Å². The summed E-state index contributed by atoms with van der Waals surface area (Å²) < 4.78 is 22.2. The van der Waals surface area contributed by atoms with E-state index in [9.17, 15) is 2.74 Å². The molecule has 0 amide bonds. The van der Waals surface area contributed by atoms with Crippen molar-refractivity contribution in [2.24, 2.45) is 7.05 Å². The molecule has 0 unspecified atom stereocenters. The highest BCUT2D eigenvalue weighted by molar-refractivity contribution is 5.76. The average molecular weight is 453 g/mol. The molecule has 5 aromatic rings. The first kappa shape index (κ1) is 18.4. The van der Waals surface area contributed by atoms with Crippen LogP contribution in [0.5, 0.6) is 0 Å². The van der Waals surface area contributed by atoms with Gasteiger partial charge >= 0.3 is 0 Å². The quantitative estimate of drug-likeness (QED) is 0.245. The number of aryl methyl sites for hydroxylation is 3. The van der Waals surface area contributed by atoms with Gasteiger partial charge in [0.25, 0.3) is 0 Å². The zero-order valence-electron chi connectivity index (χ0n) is 22.3.